The van der Waals surface area contributed by atoms with Crippen LogP contribution in [0.1, 0.15) is 24.1 Å². The predicted molar refractivity (Wildman–Crippen MR) is 132 cm³/mol. The number of halogens is 6. The average Bonchev–Trinajstić information content (AvgIpc) is 3.68. The Morgan fingerprint density at radius 1 is 1.02 bits per heavy atom. The summed E-state index contributed by atoms with van der Waals surface area (Å²) in [6.45, 7) is 0. The molecule has 2 aromatic carbocycles. The lowest BCUT2D eigenvalue weighted by molar-refractivity contribution is -0.142. The molecule has 216 valence electrons. The van der Waals surface area contributed by atoms with E-state index in [4.69, 9.17) is 4.74 Å². The van der Waals surface area contributed by atoms with Crippen molar-refractivity contribution in [1.29, 1.82) is 0 Å². The molecule has 1 saturated carbocycles. The predicted octanol–water partition coefficient (Wildman–Crippen LogP) is 5.83. The topological polar surface area (TPSA) is 106 Å². The molecule has 0 spiro atoms. The Labute approximate surface area is 228 Å². The first-order valence-electron chi connectivity index (χ1n) is 11.8. The number of nitrogens with one attached hydrogen (secondary N) is 1. The Morgan fingerprint density at radius 3 is 2.32 bits per heavy atom. The number of nitrogens with zero attached hydrogens (tertiary/aromatic N) is 4. The largest absolute Gasteiger partial charge is 0.433 e. The zero-order chi connectivity index (χ0) is 29.7. The van der Waals surface area contributed by atoms with Gasteiger partial charge < -0.3 is 4.74 Å². The lowest BCUT2D eigenvalue weighted by Gasteiger charge is -2.17. The Hall–Kier alpha value is -4.18. The standard InChI is InChI=1S/C25H19F6N5O4S/c1-35(17-9-10-17)41(38,39)18-4-2-3-16(11-18)33-23(37)40-20-13-32-36-21(25(29,30)31)12-19(34-22(20)36)14-5-7-15(8-6-14)24(26,27)28/h2-8,11-13,17H,9-10H2,1H3,(H,33,37). The van der Waals surface area contributed by atoms with E-state index in [1.54, 1.807) is 0 Å². The molecule has 1 fully saturated rings. The fourth-order valence-corrected chi connectivity index (χ4v) is 5.43. The van der Waals surface area contributed by atoms with Crippen LogP contribution in [0.15, 0.2) is 65.7 Å². The van der Waals surface area contributed by atoms with Crippen molar-refractivity contribution < 1.29 is 44.3 Å². The number of anilines is 1. The second-order valence-corrected chi connectivity index (χ2v) is 11.1. The molecular weight excluding hydrogens is 580 g/mol. The Kier molecular flexibility index (Phi) is 6.93. The third-order valence-electron chi connectivity index (χ3n) is 6.26. The highest BCUT2D eigenvalue weighted by atomic mass is 32.2. The van der Waals surface area contributed by atoms with E-state index in [0.29, 0.717) is 22.7 Å². The van der Waals surface area contributed by atoms with Crippen molar-refractivity contribution in [3.8, 4) is 17.0 Å². The third kappa shape index (κ3) is 5.83. The van der Waals surface area contributed by atoms with E-state index in [1.807, 2.05) is 0 Å². The molecule has 1 N–H and O–H groups in total. The van der Waals surface area contributed by atoms with E-state index in [0.717, 1.165) is 31.2 Å². The average molecular weight is 600 g/mol. The van der Waals surface area contributed by atoms with Gasteiger partial charge in [0.25, 0.3) is 0 Å². The molecular formula is C25H19F6N5O4S. The fourth-order valence-electron chi connectivity index (χ4n) is 3.97. The summed E-state index contributed by atoms with van der Waals surface area (Å²) >= 11 is 0. The highest BCUT2D eigenvalue weighted by Gasteiger charge is 2.37. The third-order valence-corrected chi connectivity index (χ3v) is 8.17. The van der Waals surface area contributed by atoms with E-state index in [-0.39, 0.29) is 27.9 Å². The first-order valence-corrected chi connectivity index (χ1v) is 13.3. The minimum Gasteiger partial charge on any atom is -0.404 e. The van der Waals surface area contributed by atoms with Gasteiger partial charge in [-0.2, -0.15) is 35.7 Å². The highest BCUT2D eigenvalue weighted by Crippen LogP contribution is 2.36. The summed E-state index contributed by atoms with van der Waals surface area (Å²) in [6.07, 6.45) is -8.48. The number of amides is 1. The fraction of sp³-hybridized carbons (Fsp3) is 0.240. The van der Waals surface area contributed by atoms with Gasteiger partial charge in [-0.3, -0.25) is 5.32 Å². The number of alkyl halides is 6. The van der Waals surface area contributed by atoms with Crippen LogP contribution in [0.3, 0.4) is 0 Å². The van der Waals surface area contributed by atoms with Crippen molar-refractivity contribution in [2.75, 3.05) is 12.4 Å². The maximum atomic E-state index is 13.8. The van der Waals surface area contributed by atoms with E-state index >= 15 is 0 Å². The molecule has 2 heterocycles. The molecule has 41 heavy (non-hydrogen) atoms. The number of carbonyl (C=O) groups excluding carboxylic acids is 1. The Bertz CT molecular complexity index is 1730. The molecule has 1 amide bonds. The Balaban J connectivity index is 1.44. The summed E-state index contributed by atoms with van der Waals surface area (Å²) < 4.78 is 113. The molecule has 0 unspecified atom stereocenters. The Morgan fingerprint density at radius 2 is 1.71 bits per heavy atom. The number of benzene rings is 2. The van der Waals surface area contributed by atoms with Crippen LogP contribution in [0.2, 0.25) is 0 Å². The maximum absolute atomic E-state index is 13.8. The minimum absolute atomic E-state index is 0.0335. The van der Waals surface area contributed by atoms with Crippen LogP contribution in [-0.2, 0) is 22.4 Å². The van der Waals surface area contributed by atoms with Gasteiger partial charge >= 0.3 is 18.4 Å². The van der Waals surface area contributed by atoms with Gasteiger partial charge in [-0.25, -0.2) is 22.7 Å². The molecule has 0 bridgehead atoms. The number of hydrogen-bond donors (Lipinski definition) is 1. The number of aromatic nitrogens is 3. The quantitative estimate of drug-likeness (QED) is 0.280. The second-order valence-electron chi connectivity index (χ2n) is 9.14. The zero-order valence-corrected chi connectivity index (χ0v) is 21.7. The first kappa shape index (κ1) is 28.4. The second kappa shape index (κ2) is 10.0. The molecule has 2 aromatic heterocycles. The summed E-state index contributed by atoms with van der Waals surface area (Å²) in [5, 5.41) is 5.93. The van der Waals surface area contributed by atoms with Crippen LogP contribution in [0.25, 0.3) is 16.9 Å². The van der Waals surface area contributed by atoms with Crippen LogP contribution in [0, 0.1) is 0 Å². The van der Waals surface area contributed by atoms with Gasteiger partial charge in [0.15, 0.2) is 17.1 Å². The van der Waals surface area contributed by atoms with E-state index < -0.39 is 51.1 Å². The van der Waals surface area contributed by atoms with E-state index in [2.05, 4.69) is 15.4 Å². The van der Waals surface area contributed by atoms with E-state index in [1.165, 1.54) is 35.6 Å². The summed E-state index contributed by atoms with van der Waals surface area (Å²) in [5.41, 5.74) is -3.22. The normalized spacial score (nSPS) is 14.4. The van der Waals surface area contributed by atoms with Crippen LogP contribution < -0.4 is 10.1 Å². The maximum Gasteiger partial charge on any atom is 0.433 e. The van der Waals surface area contributed by atoms with Gasteiger partial charge in [0, 0.05) is 24.3 Å². The van der Waals surface area contributed by atoms with Crippen molar-refractivity contribution in [1.82, 2.24) is 18.9 Å². The first-order chi connectivity index (χ1) is 19.1. The number of fused-ring (bicyclic) bond motifs is 1. The zero-order valence-electron chi connectivity index (χ0n) is 20.9. The molecule has 1 aliphatic carbocycles. The van der Waals surface area contributed by atoms with Crippen LogP contribution in [-0.4, -0.2) is 46.5 Å². The molecule has 5 rings (SSSR count). The molecule has 1 aliphatic rings. The van der Waals surface area contributed by atoms with Gasteiger partial charge in [-0.05, 0) is 49.2 Å². The van der Waals surface area contributed by atoms with Crippen LogP contribution in [0.5, 0.6) is 5.75 Å². The SMILES string of the molecule is CN(C1CC1)S(=O)(=O)c1cccc(NC(=O)Oc2cnn3c(C(F)(F)F)cc(-c4ccc(C(F)(F)F)cc4)nc23)c1. The van der Waals surface area contributed by atoms with Crippen molar-refractivity contribution in [3.63, 3.8) is 0 Å². The van der Waals surface area contributed by atoms with Crippen LogP contribution in [0.4, 0.5) is 36.8 Å². The summed E-state index contributed by atoms with van der Waals surface area (Å²) in [6, 6.07) is 9.17. The number of rotatable bonds is 6. The summed E-state index contributed by atoms with van der Waals surface area (Å²) in [4.78, 5) is 16.6. The van der Waals surface area contributed by atoms with Gasteiger partial charge in [-0.15, -0.1) is 0 Å². The smallest absolute Gasteiger partial charge is 0.404 e. The van der Waals surface area contributed by atoms with Gasteiger partial charge in [0.2, 0.25) is 10.0 Å². The van der Waals surface area contributed by atoms with Gasteiger partial charge in [-0.1, -0.05) is 18.2 Å². The molecule has 9 nitrogen and oxygen atoms in total. The monoisotopic (exact) mass is 599 g/mol. The number of carbonyl (C=O) groups is 1. The minimum atomic E-state index is -4.95. The molecule has 0 saturated heterocycles. The van der Waals surface area contributed by atoms with Crippen LogP contribution >= 0.6 is 0 Å². The molecule has 0 atom stereocenters. The summed E-state index contributed by atoms with van der Waals surface area (Å²) in [7, 11) is -2.37. The van der Waals surface area contributed by atoms with E-state index in [9.17, 15) is 39.6 Å². The number of hydrogen-bond acceptors (Lipinski definition) is 6. The molecule has 4 aromatic rings. The highest BCUT2D eigenvalue weighted by molar-refractivity contribution is 7.89. The molecule has 0 aliphatic heterocycles. The molecule has 0 radical (unpaired) electrons. The summed E-state index contributed by atoms with van der Waals surface area (Å²) in [5.74, 6) is -0.487. The number of ether oxygens (including phenoxy) is 1. The van der Waals surface area contributed by atoms with Crippen molar-refractivity contribution in [2.45, 2.75) is 36.1 Å². The lowest BCUT2D eigenvalue weighted by Crippen LogP contribution is -2.29. The van der Waals surface area contributed by atoms with Gasteiger partial charge in [0.1, 0.15) is 0 Å². The van der Waals surface area contributed by atoms with Gasteiger partial charge in [0.05, 0.1) is 22.3 Å². The van der Waals surface area contributed by atoms with Crippen molar-refractivity contribution >= 4 is 27.5 Å². The van der Waals surface area contributed by atoms with Crippen molar-refractivity contribution in [3.05, 3.63) is 72.1 Å². The lowest BCUT2D eigenvalue weighted by atomic mass is 10.1. The van der Waals surface area contributed by atoms with Crippen molar-refractivity contribution in [2.24, 2.45) is 0 Å². The molecule has 16 heteroatoms. The number of sulfonamides is 1.